The molecular formula is C28H31Cl2N3O5S. The number of likely N-dealkylation sites (tertiary alicyclic amines) is 1. The molecule has 11 heteroatoms. The maximum Gasteiger partial charge on any atom is 0.328 e. The highest BCUT2D eigenvalue weighted by atomic mass is 35.5. The van der Waals surface area contributed by atoms with E-state index < -0.39 is 23.8 Å². The molecule has 3 N–H and O–H groups in total. The van der Waals surface area contributed by atoms with Gasteiger partial charge in [0.15, 0.2) is 0 Å². The van der Waals surface area contributed by atoms with E-state index in [0.717, 1.165) is 10.5 Å². The minimum Gasteiger partial charge on any atom is -0.480 e. The number of nitrogens with zero attached hydrogens (tertiary/aromatic N) is 1. The highest BCUT2D eigenvalue weighted by molar-refractivity contribution is 7.98. The van der Waals surface area contributed by atoms with Gasteiger partial charge in [0.1, 0.15) is 6.04 Å². The van der Waals surface area contributed by atoms with Crippen molar-refractivity contribution in [3.8, 4) is 0 Å². The molecule has 1 unspecified atom stereocenters. The van der Waals surface area contributed by atoms with Crippen LogP contribution in [0.25, 0.3) is 6.08 Å². The Morgan fingerprint density at radius 2 is 1.77 bits per heavy atom. The molecule has 0 aliphatic carbocycles. The fraction of sp³-hybridized carbons (Fsp3) is 0.357. The van der Waals surface area contributed by atoms with Crippen LogP contribution < -0.4 is 10.6 Å². The molecule has 1 aliphatic heterocycles. The van der Waals surface area contributed by atoms with Crippen molar-refractivity contribution in [2.24, 2.45) is 5.92 Å². The maximum atomic E-state index is 12.7. The number of carboxylic acid groups (broad SMARTS) is 1. The first-order valence-electron chi connectivity index (χ1n) is 12.5. The van der Waals surface area contributed by atoms with E-state index in [0.29, 0.717) is 48.0 Å². The van der Waals surface area contributed by atoms with Gasteiger partial charge < -0.3 is 20.6 Å². The van der Waals surface area contributed by atoms with Crippen LogP contribution in [0.15, 0.2) is 53.4 Å². The first-order valence-corrected chi connectivity index (χ1v) is 14.5. The van der Waals surface area contributed by atoms with Gasteiger partial charge in [-0.15, -0.1) is 11.8 Å². The van der Waals surface area contributed by atoms with Crippen LogP contribution in [0, 0.1) is 5.92 Å². The van der Waals surface area contributed by atoms with Crippen molar-refractivity contribution in [3.05, 3.63) is 69.7 Å². The van der Waals surface area contributed by atoms with Gasteiger partial charge in [-0.05, 0) is 48.8 Å². The second-order valence-electron chi connectivity index (χ2n) is 9.11. The zero-order valence-electron chi connectivity index (χ0n) is 21.5. The fourth-order valence-corrected chi connectivity index (χ4v) is 5.33. The highest BCUT2D eigenvalue weighted by Gasteiger charge is 2.29. The van der Waals surface area contributed by atoms with E-state index in [-0.39, 0.29) is 24.8 Å². The molecule has 0 spiro atoms. The number of carbonyl (C=O) groups is 4. The van der Waals surface area contributed by atoms with Crippen LogP contribution in [0.3, 0.4) is 0 Å². The number of aliphatic carboxylic acids is 1. The van der Waals surface area contributed by atoms with Crippen LogP contribution in [0.2, 0.25) is 10.0 Å². The quantitative estimate of drug-likeness (QED) is 0.265. The van der Waals surface area contributed by atoms with E-state index in [1.807, 2.05) is 42.7 Å². The minimum absolute atomic E-state index is 0.207. The van der Waals surface area contributed by atoms with Crippen LogP contribution in [0.5, 0.6) is 0 Å². The number of aryl methyl sites for hydroxylation is 1. The number of rotatable bonds is 11. The molecule has 0 bridgehead atoms. The molecule has 0 radical (unpaired) electrons. The molecule has 1 fully saturated rings. The summed E-state index contributed by atoms with van der Waals surface area (Å²) in [6.45, 7) is 0.506. The monoisotopic (exact) mass is 591 g/mol. The molecule has 0 saturated carbocycles. The number of piperidine rings is 1. The van der Waals surface area contributed by atoms with Gasteiger partial charge in [0.05, 0.1) is 10.0 Å². The molecule has 39 heavy (non-hydrogen) atoms. The molecule has 208 valence electrons. The van der Waals surface area contributed by atoms with Crippen molar-refractivity contribution in [1.82, 2.24) is 15.5 Å². The van der Waals surface area contributed by atoms with E-state index in [1.165, 1.54) is 17.8 Å². The van der Waals surface area contributed by atoms with Crippen LogP contribution in [-0.2, 0) is 25.6 Å². The fourth-order valence-electron chi connectivity index (χ4n) is 4.16. The predicted molar refractivity (Wildman–Crippen MR) is 154 cm³/mol. The Bertz CT molecular complexity index is 1220. The second kappa shape index (κ2) is 15.0. The number of hydrogen-bond donors (Lipinski definition) is 3. The number of nitrogens with one attached hydrogen (secondary N) is 2. The number of thioether (sulfide) groups is 1. The highest BCUT2D eigenvalue weighted by Crippen LogP contribution is 2.35. The number of carboxylic acids is 1. The first kappa shape index (κ1) is 30.5. The average Bonchev–Trinajstić information content (AvgIpc) is 2.95. The molecule has 1 heterocycles. The van der Waals surface area contributed by atoms with Gasteiger partial charge in [-0.3, -0.25) is 14.4 Å². The molecule has 3 rings (SSSR count). The Kier molecular flexibility index (Phi) is 11.7. The summed E-state index contributed by atoms with van der Waals surface area (Å²) in [5.41, 5.74) is 1.64. The Hall–Kier alpha value is -3.01. The lowest BCUT2D eigenvalue weighted by Gasteiger charge is -2.31. The van der Waals surface area contributed by atoms with E-state index >= 15 is 0 Å². The number of benzene rings is 2. The summed E-state index contributed by atoms with van der Waals surface area (Å²) >= 11 is 14.1. The van der Waals surface area contributed by atoms with E-state index in [4.69, 9.17) is 23.2 Å². The zero-order chi connectivity index (χ0) is 28.4. The summed E-state index contributed by atoms with van der Waals surface area (Å²) < 4.78 is 0. The Morgan fingerprint density at radius 3 is 2.41 bits per heavy atom. The Labute approximate surface area is 242 Å². The first-order chi connectivity index (χ1) is 18.7. The summed E-state index contributed by atoms with van der Waals surface area (Å²) in [5, 5.41) is 15.5. The van der Waals surface area contributed by atoms with Gasteiger partial charge >= 0.3 is 5.97 Å². The van der Waals surface area contributed by atoms with Crippen molar-refractivity contribution in [3.63, 3.8) is 0 Å². The smallest absolute Gasteiger partial charge is 0.328 e. The number of halogens is 2. The lowest BCUT2D eigenvalue weighted by Crippen LogP contribution is -2.51. The van der Waals surface area contributed by atoms with Gasteiger partial charge in [0.25, 0.3) is 0 Å². The molecule has 0 aromatic heterocycles. The van der Waals surface area contributed by atoms with E-state index in [2.05, 4.69) is 10.6 Å². The van der Waals surface area contributed by atoms with Crippen LogP contribution in [-0.4, -0.2) is 65.6 Å². The lowest BCUT2D eigenvalue weighted by molar-refractivity contribution is -0.143. The van der Waals surface area contributed by atoms with Gasteiger partial charge in [0, 0.05) is 42.9 Å². The summed E-state index contributed by atoms with van der Waals surface area (Å²) in [7, 11) is 0. The normalized spacial score (nSPS) is 14.7. The third-order valence-electron chi connectivity index (χ3n) is 6.48. The SMILES string of the molecule is CSc1ccc(C=CC(=O)N2CCC(C(=O)NC(CNC(=O)CCc3ccccc3)C(=O)O)CC2)c(Cl)c1Cl. The van der Waals surface area contributed by atoms with Crippen molar-refractivity contribution >= 4 is 64.7 Å². The molecule has 1 saturated heterocycles. The minimum atomic E-state index is -1.24. The van der Waals surface area contributed by atoms with Crippen LogP contribution in [0.4, 0.5) is 0 Å². The third kappa shape index (κ3) is 9.02. The zero-order valence-corrected chi connectivity index (χ0v) is 23.8. The number of carbonyl (C=O) groups excluding carboxylic acids is 3. The molecule has 2 aromatic rings. The summed E-state index contributed by atoms with van der Waals surface area (Å²) in [6, 6.07) is 11.9. The van der Waals surface area contributed by atoms with E-state index in [9.17, 15) is 24.3 Å². The van der Waals surface area contributed by atoms with Crippen molar-refractivity contribution in [2.45, 2.75) is 36.6 Å². The van der Waals surface area contributed by atoms with Crippen LogP contribution >= 0.6 is 35.0 Å². The maximum absolute atomic E-state index is 12.7. The van der Waals surface area contributed by atoms with Crippen molar-refractivity contribution in [2.75, 3.05) is 25.9 Å². The van der Waals surface area contributed by atoms with Crippen molar-refractivity contribution in [1.29, 1.82) is 0 Å². The molecular weight excluding hydrogens is 561 g/mol. The molecule has 2 aromatic carbocycles. The number of amides is 3. The largest absolute Gasteiger partial charge is 0.480 e. The third-order valence-corrected chi connectivity index (χ3v) is 8.27. The summed E-state index contributed by atoms with van der Waals surface area (Å²) in [6.07, 6.45) is 6.49. The molecule has 1 atom stereocenters. The Morgan fingerprint density at radius 1 is 1.08 bits per heavy atom. The molecule has 8 nitrogen and oxygen atoms in total. The average molecular weight is 593 g/mol. The van der Waals surface area contributed by atoms with Gasteiger partial charge in [-0.25, -0.2) is 4.79 Å². The molecule has 3 amide bonds. The summed E-state index contributed by atoms with van der Waals surface area (Å²) in [4.78, 5) is 51.7. The van der Waals surface area contributed by atoms with Gasteiger partial charge in [0.2, 0.25) is 17.7 Å². The molecule has 1 aliphatic rings. The second-order valence-corrected chi connectivity index (χ2v) is 10.7. The van der Waals surface area contributed by atoms with Crippen LogP contribution in [0.1, 0.15) is 30.4 Å². The van der Waals surface area contributed by atoms with Crippen molar-refractivity contribution < 1.29 is 24.3 Å². The Balaban J connectivity index is 1.45. The van der Waals surface area contributed by atoms with Gasteiger partial charge in [-0.1, -0.05) is 59.6 Å². The number of hydrogen-bond acceptors (Lipinski definition) is 5. The topological polar surface area (TPSA) is 116 Å². The van der Waals surface area contributed by atoms with E-state index in [1.54, 1.807) is 17.0 Å². The standard InChI is InChI=1S/C28H31Cl2N3O5S/c1-39-22-10-8-19(25(29)26(22)30)9-12-24(35)33-15-13-20(14-16-33)27(36)32-21(28(37)38)17-31-23(34)11-7-18-5-3-2-4-6-18/h2-6,8-10,12,20-21H,7,11,13-17H2,1H3,(H,31,34)(H,32,36)(H,37,38). The van der Waals surface area contributed by atoms with Gasteiger partial charge in [-0.2, -0.15) is 0 Å². The predicted octanol–water partition coefficient (Wildman–Crippen LogP) is 4.29. The lowest BCUT2D eigenvalue weighted by atomic mass is 9.95. The summed E-state index contributed by atoms with van der Waals surface area (Å²) in [5.74, 6) is -2.56.